The summed E-state index contributed by atoms with van der Waals surface area (Å²) in [4.78, 5) is 12.2. The highest BCUT2D eigenvalue weighted by molar-refractivity contribution is 8.18. The Morgan fingerprint density at radius 1 is 1.11 bits per heavy atom. The standard InChI is InChI=1S/C18H10Cl2F3N3OS/c19-13-5-4-11(14(20)8-13)9-24-26-17-25-16(27)15(28-17)7-10-2-1-3-12(6-10)18(21,22)23/h1-9H,(H,25,26,27)/b15-7-,24-9?. The molecule has 0 atom stereocenters. The number of amidine groups is 1. The maximum Gasteiger partial charge on any atom is 0.416 e. The number of alkyl halides is 3. The molecule has 0 unspecified atom stereocenters. The van der Waals surface area contributed by atoms with Crippen molar-refractivity contribution in [3.05, 3.63) is 74.1 Å². The number of rotatable bonds is 3. The Labute approximate surface area is 172 Å². The summed E-state index contributed by atoms with van der Waals surface area (Å²) in [6, 6.07) is 9.55. The predicted octanol–water partition coefficient (Wildman–Crippen LogP) is 5.61. The number of hydrogen-bond acceptors (Lipinski definition) is 4. The highest BCUT2D eigenvalue weighted by Gasteiger charge is 2.30. The number of benzene rings is 2. The second-order valence-electron chi connectivity index (χ2n) is 5.50. The fourth-order valence-corrected chi connectivity index (χ4v) is 3.42. The van der Waals surface area contributed by atoms with Gasteiger partial charge in [-0.05, 0) is 47.7 Å². The van der Waals surface area contributed by atoms with E-state index >= 15 is 0 Å². The maximum atomic E-state index is 12.8. The summed E-state index contributed by atoms with van der Waals surface area (Å²) >= 11 is 12.8. The van der Waals surface area contributed by atoms with Crippen molar-refractivity contribution in [3.63, 3.8) is 0 Å². The number of thioether (sulfide) groups is 1. The van der Waals surface area contributed by atoms with Crippen LogP contribution in [0.1, 0.15) is 16.7 Å². The van der Waals surface area contributed by atoms with E-state index in [-0.39, 0.29) is 15.6 Å². The van der Waals surface area contributed by atoms with E-state index in [1.54, 1.807) is 18.2 Å². The van der Waals surface area contributed by atoms with Crippen molar-refractivity contribution in [2.45, 2.75) is 6.18 Å². The number of amides is 1. The van der Waals surface area contributed by atoms with E-state index in [9.17, 15) is 18.0 Å². The van der Waals surface area contributed by atoms with Gasteiger partial charge in [0.15, 0.2) is 5.17 Å². The van der Waals surface area contributed by atoms with Crippen molar-refractivity contribution < 1.29 is 18.0 Å². The van der Waals surface area contributed by atoms with E-state index in [2.05, 4.69) is 15.5 Å². The minimum Gasteiger partial charge on any atom is -0.299 e. The molecule has 0 bridgehead atoms. The fraction of sp³-hybridized carbons (Fsp3) is 0.0556. The first-order valence-corrected chi connectivity index (χ1v) is 9.24. The van der Waals surface area contributed by atoms with Gasteiger partial charge in [0.25, 0.3) is 5.91 Å². The zero-order valence-electron chi connectivity index (χ0n) is 13.8. The van der Waals surface area contributed by atoms with Gasteiger partial charge in [0.1, 0.15) is 0 Å². The van der Waals surface area contributed by atoms with E-state index in [1.165, 1.54) is 24.4 Å². The molecular formula is C18H10Cl2F3N3OS. The molecule has 1 saturated heterocycles. The number of carbonyl (C=O) groups is 1. The highest BCUT2D eigenvalue weighted by Crippen LogP contribution is 2.31. The molecule has 1 amide bonds. The quantitative estimate of drug-likeness (QED) is 0.380. The summed E-state index contributed by atoms with van der Waals surface area (Å²) in [5, 5.41) is 11.3. The summed E-state index contributed by atoms with van der Waals surface area (Å²) in [7, 11) is 0. The molecule has 0 aliphatic carbocycles. The summed E-state index contributed by atoms with van der Waals surface area (Å²) < 4.78 is 38.4. The Bertz CT molecular complexity index is 1020. The van der Waals surface area contributed by atoms with Crippen molar-refractivity contribution in [2.24, 2.45) is 10.2 Å². The summed E-state index contributed by atoms with van der Waals surface area (Å²) in [6.07, 6.45) is -1.70. The Balaban J connectivity index is 1.75. The molecule has 2 aromatic rings. The third-order valence-corrected chi connectivity index (χ3v) is 4.93. The van der Waals surface area contributed by atoms with Gasteiger partial charge < -0.3 is 0 Å². The van der Waals surface area contributed by atoms with E-state index in [4.69, 9.17) is 23.2 Å². The molecule has 4 nitrogen and oxygen atoms in total. The van der Waals surface area contributed by atoms with Crippen LogP contribution in [0.2, 0.25) is 10.0 Å². The molecule has 10 heteroatoms. The van der Waals surface area contributed by atoms with Crippen molar-refractivity contribution in [3.8, 4) is 0 Å². The van der Waals surface area contributed by atoms with Crippen LogP contribution in [0.3, 0.4) is 0 Å². The number of nitrogens with one attached hydrogen (secondary N) is 1. The summed E-state index contributed by atoms with van der Waals surface area (Å²) in [6.45, 7) is 0. The van der Waals surface area contributed by atoms with Gasteiger partial charge in [-0.2, -0.15) is 18.3 Å². The van der Waals surface area contributed by atoms with Crippen LogP contribution in [0.4, 0.5) is 13.2 Å². The van der Waals surface area contributed by atoms with Crippen molar-refractivity contribution in [1.82, 2.24) is 5.32 Å². The summed E-state index contributed by atoms with van der Waals surface area (Å²) in [5.41, 5.74) is 0.0539. The first kappa shape index (κ1) is 20.4. The van der Waals surface area contributed by atoms with Crippen LogP contribution >= 0.6 is 35.0 Å². The van der Waals surface area contributed by atoms with Crippen LogP contribution in [-0.2, 0) is 11.0 Å². The van der Waals surface area contributed by atoms with E-state index in [0.29, 0.717) is 15.6 Å². The third kappa shape index (κ3) is 5.15. The van der Waals surface area contributed by atoms with E-state index in [0.717, 1.165) is 23.9 Å². The van der Waals surface area contributed by atoms with Gasteiger partial charge in [-0.3, -0.25) is 10.1 Å². The Kier molecular flexibility index (Phi) is 6.12. The van der Waals surface area contributed by atoms with Gasteiger partial charge in [0.05, 0.1) is 21.7 Å². The lowest BCUT2D eigenvalue weighted by molar-refractivity contribution is -0.137. The molecule has 0 aromatic heterocycles. The van der Waals surface area contributed by atoms with Crippen LogP contribution in [0.5, 0.6) is 0 Å². The molecule has 3 rings (SSSR count). The van der Waals surface area contributed by atoms with Gasteiger partial charge >= 0.3 is 6.18 Å². The third-order valence-electron chi connectivity index (χ3n) is 3.47. The van der Waals surface area contributed by atoms with Gasteiger partial charge in [0, 0.05) is 10.6 Å². The molecule has 1 N–H and O–H groups in total. The lowest BCUT2D eigenvalue weighted by Gasteiger charge is -2.06. The topological polar surface area (TPSA) is 53.8 Å². The highest BCUT2D eigenvalue weighted by atomic mass is 35.5. The zero-order chi connectivity index (χ0) is 20.3. The van der Waals surface area contributed by atoms with Crippen LogP contribution in [0.15, 0.2) is 57.6 Å². The maximum absolute atomic E-state index is 12.8. The van der Waals surface area contributed by atoms with Crippen molar-refractivity contribution in [1.29, 1.82) is 0 Å². The van der Waals surface area contributed by atoms with Crippen LogP contribution in [-0.4, -0.2) is 17.3 Å². The number of hydrogen-bond donors (Lipinski definition) is 1. The second-order valence-corrected chi connectivity index (χ2v) is 7.38. The second kappa shape index (κ2) is 8.38. The van der Waals surface area contributed by atoms with Crippen LogP contribution in [0.25, 0.3) is 6.08 Å². The first-order chi connectivity index (χ1) is 13.2. The zero-order valence-corrected chi connectivity index (χ0v) is 16.1. The number of carbonyl (C=O) groups excluding carboxylic acids is 1. The molecule has 28 heavy (non-hydrogen) atoms. The van der Waals surface area contributed by atoms with Crippen molar-refractivity contribution in [2.75, 3.05) is 0 Å². The molecule has 1 fully saturated rings. The molecule has 1 aliphatic rings. The monoisotopic (exact) mass is 443 g/mol. The lowest BCUT2D eigenvalue weighted by Crippen LogP contribution is -2.19. The van der Waals surface area contributed by atoms with Crippen molar-refractivity contribution >= 4 is 58.3 Å². The van der Waals surface area contributed by atoms with Gasteiger partial charge in [-0.1, -0.05) is 41.4 Å². The Hall–Kier alpha value is -2.29. The molecule has 144 valence electrons. The number of halogens is 5. The van der Waals surface area contributed by atoms with E-state index in [1.807, 2.05) is 0 Å². The van der Waals surface area contributed by atoms with Gasteiger partial charge in [-0.25, -0.2) is 0 Å². The van der Waals surface area contributed by atoms with Crippen LogP contribution < -0.4 is 5.32 Å². The Morgan fingerprint density at radius 3 is 2.61 bits per heavy atom. The molecule has 1 heterocycles. The normalized spacial score (nSPS) is 17.7. The molecule has 1 aliphatic heterocycles. The smallest absolute Gasteiger partial charge is 0.299 e. The molecule has 2 aromatic carbocycles. The molecular weight excluding hydrogens is 434 g/mol. The van der Waals surface area contributed by atoms with Crippen LogP contribution in [0, 0.1) is 0 Å². The molecule has 0 spiro atoms. The average Bonchev–Trinajstić information content (AvgIpc) is 2.96. The molecule has 0 saturated carbocycles. The SMILES string of the molecule is O=C1NC(=NN=Cc2ccc(Cl)cc2Cl)S/C1=C\c1cccc(C(F)(F)F)c1. The average molecular weight is 444 g/mol. The van der Waals surface area contributed by atoms with E-state index < -0.39 is 17.6 Å². The minimum absolute atomic E-state index is 0.199. The van der Waals surface area contributed by atoms with Gasteiger partial charge in [0.2, 0.25) is 0 Å². The predicted molar refractivity (Wildman–Crippen MR) is 107 cm³/mol. The van der Waals surface area contributed by atoms with Gasteiger partial charge in [-0.15, -0.1) is 5.10 Å². The first-order valence-electron chi connectivity index (χ1n) is 7.66. The lowest BCUT2D eigenvalue weighted by atomic mass is 10.1. The summed E-state index contributed by atoms with van der Waals surface area (Å²) in [5.74, 6) is -0.471. The molecule has 0 radical (unpaired) electrons. The minimum atomic E-state index is -4.45. The Morgan fingerprint density at radius 2 is 1.89 bits per heavy atom. The largest absolute Gasteiger partial charge is 0.416 e. The fourth-order valence-electron chi connectivity index (χ4n) is 2.18. The number of nitrogens with zero attached hydrogens (tertiary/aromatic N) is 2.